The second-order valence-corrected chi connectivity index (χ2v) is 32.0. The van der Waals surface area contributed by atoms with E-state index in [-0.39, 0.29) is 25.1 Å². The lowest BCUT2D eigenvalue weighted by molar-refractivity contribution is -0.144. The van der Waals surface area contributed by atoms with Gasteiger partial charge in [0.15, 0.2) is 0 Å². The molecule has 10 nitrogen and oxygen atoms in total. The van der Waals surface area contributed by atoms with Gasteiger partial charge in [0.25, 0.3) is 8.32 Å². The van der Waals surface area contributed by atoms with Crippen LogP contribution in [0.3, 0.4) is 0 Å². The number of methoxy groups -OCH3 is 2. The number of alkyl carbamates (subject to hydrolysis) is 1. The zero-order valence-corrected chi connectivity index (χ0v) is 45.2. The van der Waals surface area contributed by atoms with Crippen LogP contribution < -0.4 is 15.0 Å². The van der Waals surface area contributed by atoms with Crippen LogP contribution >= 0.6 is 6.04 Å². The van der Waals surface area contributed by atoms with Gasteiger partial charge in [-0.25, -0.2) is 9.59 Å². The van der Waals surface area contributed by atoms with Gasteiger partial charge in [-0.3, -0.25) is 4.79 Å². The van der Waals surface area contributed by atoms with Crippen molar-refractivity contribution in [1.29, 1.82) is 0 Å². The van der Waals surface area contributed by atoms with Crippen LogP contribution in [-0.4, -0.2) is 76.7 Å². The number of nitrogens with one attached hydrogen (secondary N) is 1. The molecule has 0 aliphatic carbocycles. The first-order valence-corrected chi connectivity index (χ1v) is 28.8. The minimum absolute atomic E-state index is 0.141. The largest absolute Gasteiger partial charge is 0.543 e. The van der Waals surface area contributed by atoms with Crippen molar-refractivity contribution in [3.05, 3.63) is 71.3 Å². The molecule has 0 saturated carbocycles. The fraction of sp³-hybridized carbons (Fsp3) is 0.558. The number of fused-ring (bicyclic) bond motifs is 1. The zero-order valence-electron chi connectivity index (χ0n) is 42.5. The molecule has 0 radical (unpaired) electrons. The lowest BCUT2D eigenvalue weighted by Crippen LogP contribution is -2.50. The first-order chi connectivity index (χ1) is 30.1. The van der Waals surface area contributed by atoms with Crippen molar-refractivity contribution in [2.24, 2.45) is 5.41 Å². The van der Waals surface area contributed by atoms with Crippen LogP contribution in [0.2, 0.25) is 16.6 Å². The van der Waals surface area contributed by atoms with Gasteiger partial charge in [-0.2, -0.15) is 0 Å². The maximum Gasteiger partial charge on any atom is 0.408 e. The molecule has 0 spiro atoms. The van der Waals surface area contributed by atoms with Crippen LogP contribution in [0.5, 0.6) is 5.75 Å². The van der Waals surface area contributed by atoms with E-state index in [1.807, 2.05) is 6.07 Å². The third-order valence-corrected chi connectivity index (χ3v) is 20.6. The topological polar surface area (TPSA) is 114 Å². The smallest absolute Gasteiger partial charge is 0.408 e. The molecule has 1 N–H and O–H groups in total. The van der Waals surface area contributed by atoms with E-state index in [2.05, 4.69) is 141 Å². The van der Waals surface area contributed by atoms with Gasteiger partial charge in [-0.15, -0.1) is 0 Å². The van der Waals surface area contributed by atoms with E-state index in [0.717, 1.165) is 61.0 Å². The maximum atomic E-state index is 13.3. The maximum absolute atomic E-state index is 13.3. The van der Waals surface area contributed by atoms with Crippen LogP contribution in [0.1, 0.15) is 120 Å². The summed E-state index contributed by atoms with van der Waals surface area (Å²) in [5.74, 6) is -0.173. The molecule has 13 heteroatoms. The molecule has 0 aliphatic heterocycles. The third-order valence-electron chi connectivity index (χ3n) is 12.4. The molecule has 358 valence electrons. The van der Waals surface area contributed by atoms with Gasteiger partial charge in [-0.1, -0.05) is 91.5 Å². The van der Waals surface area contributed by atoms with Crippen molar-refractivity contribution in [3.63, 3.8) is 0 Å². The number of esters is 2. The van der Waals surface area contributed by atoms with Gasteiger partial charge < -0.3 is 33.3 Å². The minimum atomic E-state index is -2.45. The van der Waals surface area contributed by atoms with E-state index in [1.54, 1.807) is 27.9 Å². The molecule has 65 heavy (non-hydrogen) atoms. The Morgan fingerprint density at radius 1 is 0.846 bits per heavy atom. The highest BCUT2D eigenvalue weighted by Crippen LogP contribution is 2.46. The molecular weight excluding hydrogens is 872 g/mol. The fourth-order valence-electron chi connectivity index (χ4n) is 9.39. The summed E-state index contributed by atoms with van der Waals surface area (Å²) in [6.07, 6.45) is -0.146. The van der Waals surface area contributed by atoms with E-state index in [1.165, 1.54) is 14.0 Å². The summed E-state index contributed by atoms with van der Waals surface area (Å²) in [6.45, 7) is 34.1. The van der Waals surface area contributed by atoms with Crippen LogP contribution in [0, 0.1) is 5.41 Å². The van der Waals surface area contributed by atoms with Gasteiger partial charge in [0.1, 0.15) is 17.4 Å². The number of hydrogen-bond acceptors (Lipinski definition) is 9. The van der Waals surface area contributed by atoms with Crippen LogP contribution in [0.15, 0.2) is 54.6 Å². The second kappa shape index (κ2) is 21.3. The van der Waals surface area contributed by atoms with E-state index >= 15 is 0 Å². The van der Waals surface area contributed by atoms with Crippen molar-refractivity contribution < 1.29 is 37.8 Å². The predicted molar refractivity (Wildman–Crippen MR) is 274 cm³/mol. The van der Waals surface area contributed by atoms with Gasteiger partial charge >= 0.3 is 18.0 Å². The van der Waals surface area contributed by atoms with Crippen molar-refractivity contribution in [2.45, 2.75) is 151 Å². The Hall–Kier alpha value is -3.96. The molecule has 1 amide bonds. The summed E-state index contributed by atoms with van der Waals surface area (Å²) in [5.41, 5.74) is 7.85. The Balaban J connectivity index is 2.11. The monoisotopic (exact) mass is 948 g/mol. The van der Waals surface area contributed by atoms with Gasteiger partial charge in [0.2, 0.25) is 0 Å². The number of aryl methyl sites for hydroxylation is 1. The van der Waals surface area contributed by atoms with Crippen LogP contribution in [-0.2, 0) is 59.7 Å². The van der Waals surface area contributed by atoms with E-state index in [4.69, 9.17) is 35.2 Å². The molecule has 4 aromatic rings. The molecule has 4 rings (SSSR count). The number of amides is 1. The van der Waals surface area contributed by atoms with Crippen molar-refractivity contribution in [3.8, 4) is 28.1 Å². The van der Waals surface area contributed by atoms with Gasteiger partial charge in [0, 0.05) is 48.9 Å². The lowest BCUT2D eigenvalue weighted by Gasteiger charge is -2.42. The Labute approximate surface area is 396 Å². The fourth-order valence-corrected chi connectivity index (χ4v) is 15.8. The zero-order chi connectivity index (χ0) is 49.0. The Morgan fingerprint density at radius 3 is 2.00 bits per heavy atom. The average molecular weight is 949 g/mol. The minimum Gasteiger partial charge on any atom is -0.543 e. The number of benzene rings is 3. The standard InChI is InChI=1S/C52H77N2O8PSSi/c1-19-54-47-23-20-38(28-43(47)45(30-52(13,14)31-60-36(9)55)48(54)44-29-41(63(17,18)64)21-22-42(44)35(8)58-15)39-24-37(26-46(49(56)59-16)53-50(57)61-51(10,11)12)25-40(27-39)62-65(32(2)3,33(4)5)34(6)7/h20-25,27-29,32-35,46H,19,26,30-31H2,1-18H3,(H,53,57)/t35-,46-/m0/s1. The van der Waals surface area contributed by atoms with E-state index < -0.39 is 43.5 Å². The highest BCUT2D eigenvalue weighted by Gasteiger charge is 2.47. The number of ether oxygens (including phenoxy) is 4. The summed E-state index contributed by atoms with van der Waals surface area (Å²) in [5, 5.41) is 4.99. The highest BCUT2D eigenvalue weighted by molar-refractivity contribution is 8.17. The molecule has 1 heterocycles. The first-order valence-electron chi connectivity index (χ1n) is 23.0. The molecular formula is C52H77N2O8PSSi. The first kappa shape index (κ1) is 53.6. The highest BCUT2D eigenvalue weighted by atomic mass is 32.4. The number of hydrogen-bond donors (Lipinski definition) is 1. The number of rotatable bonds is 19. The molecule has 0 unspecified atom stereocenters. The molecule has 1 aromatic heterocycles. The van der Waals surface area contributed by atoms with E-state index in [9.17, 15) is 14.4 Å². The van der Waals surface area contributed by atoms with Crippen LogP contribution in [0.25, 0.3) is 33.3 Å². The average Bonchev–Trinajstić information content (AvgIpc) is 3.50. The number of carbonyl (C=O) groups excluding carboxylic acids is 3. The summed E-state index contributed by atoms with van der Waals surface area (Å²) in [6, 6.07) is 16.6. The molecule has 0 bridgehead atoms. The van der Waals surface area contributed by atoms with Crippen molar-refractivity contribution >= 4 is 60.4 Å². The van der Waals surface area contributed by atoms with Crippen LogP contribution in [0.4, 0.5) is 4.79 Å². The SMILES string of the molecule is CCn1c(-c2cc(P(C)(C)=S)ccc2[C@H](C)OC)c(CC(C)(C)COC(C)=O)c2cc(-c3cc(C[C@H](NC(=O)OC(C)(C)C)C(=O)OC)cc(O[Si](C(C)C)(C(C)C)C(C)C)c3)ccc21. The predicted octanol–water partition coefficient (Wildman–Crippen LogP) is 12.4. The molecule has 0 aliphatic rings. The summed E-state index contributed by atoms with van der Waals surface area (Å²) in [7, 11) is 0.601. The Morgan fingerprint density at radius 2 is 1.48 bits per heavy atom. The molecule has 2 atom stereocenters. The van der Waals surface area contributed by atoms with Gasteiger partial charge in [-0.05, 0) is 140 Å². The summed E-state index contributed by atoms with van der Waals surface area (Å²) >= 11 is 6.12. The summed E-state index contributed by atoms with van der Waals surface area (Å²) in [4.78, 5) is 38.6. The van der Waals surface area contributed by atoms with Gasteiger partial charge in [0.05, 0.1) is 25.5 Å². The number of carbonyl (C=O) groups is 3. The Bertz CT molecular complexity index is 2370. The third kappa shape index (κ3) is 12.9. The quantitative estimate of drug-likeness (QED) is 0.0425. The molecule has 0 saturated heterocycles. The molecule has 3 aromatic carbocycles. The second-order valence-electron chi connectivity index (χ2n) is 20.6. The normalized spacial score (nSPS) is 13.6. The summed E-state index contributed by atoms with van der Waals surface area (Å²) < 4.78 is 32.2. The van der Waals surface area contributed by atoms with Crippen molar-refractivity contribution in [1.82, 2.24) is 9.88 Å². The number of aromatic nitrogens is 1. The van der Waals surface area contributed by atoms with E-state index in [0.29, 0.717) is 29.6 Å². The molecule has 0 fully saturated rings. The lowest BCUT2D eigenvalue weighted by atomic mass is 9.83. The number of nitrogens with zero attached hydrogens (tertiary/aromatic N) is 1. The Kier molecular flexibility index (Phi) is 17.6. The van der Waals surface area contributed by atoms with Crippen molar-refractivity contribution in [2.75, 3.05) is 34.2 Å².